The van der Waals surface area contributed by atoms with Crippen LogP contribution in [0.5, 0.6) is 0 Å². The molecule has 1 nitrogen and oxygen atoms in total. The van der Waals surface area contributed by atoms with Gasteiger partial charge in [-0.3, -0.25) is 0 Å². The predicted molar refractivity (Wildman–Crippen MR) is 75.8 cm³/mol. The van der Waals surface area contributed by atoms with Crippen molar-refractivity contribution in [1.29, 1.82) is 0 Å². The second-order valence-corrected chi connectivity index (χ2v) is 5.08. The summed E-state index contributed by atoms with van der Waals surface area (Å²) in [6, 6.07) is 11.0. The number of nitrogens with zero attached hydrogens (tertiary/aromatic N) is 1. The van der Waals surface area contributed by atoms with Crippen LogP contribution in [0.3, 0.4) is 0 Å². The average molecular weight is 277 g/mol. The van der Waals surface area contributed by atoms with E-state index in [1.807, 2.05) is 17.5 Å². The van der Waals surface area contributed by atoms with Gasteiger partial charge >= 0.3 is 0 Å². The van der Waals surface area contributed by atoms with E-state index in [-0.39, 0.29) is 6.54 Å². The Labute approximate surface area is 115 Å². The summed E-state index contributed by atoms with van der Waals surface area (Å²) in [6.07, 6.45) is 2.96. The van der Waals surface area contributed by atoms with Gasteiger partial charge < -0.3 is 4.90 Å². The fourth-order valence-electron chi connectivity index (χ4n) is 1.81. The van der Waals surface area contributed by atoms with Crippen molar-refractivity contribution in [3.05, 3.63) is 52.2 Å². The second-order valence-electron chi connectivity index (χ2n) is 4.05. The van der Waals surface area contributed by atoms with Gasteiger partial charge in [-0.1, -0.05) is 18.1 Å². The van der Waals surface area contributed by atoms with Crippen LogP contribution in [0.15, 0.2) is 41.8 Å². The normalized spacial score (nSPS) is 10.4. The molecule has 0 radical (unpaired) electrons. The van der Waals surface area contributed by atoms with Crippen LogP contribution in [0.4, 0.5) is 14.5 Å². The van der Waals surface area contributed by atoms with Gasteiger partial charge in [-0.05, 0) is 29.6 Å². The SMILES string of the molecule is C#Cc1cccc(N(Cc2cccs2)CC(F)F)c1. The molecule has 1 aromatic carbocycles. The van der Waals surface area contributed by atoms with E-state index in [2.05, 4.69) is 5.92 Å². The minimum atomic E-state index is -2.38. The highest BCUT2D eigenvalue weighted by Crippen LogP contribution is 2.21. The number of terminal acetylenes is 1. The van der Waals surface area contributed by atoms with Crippen LogP contribution in [0.25, 0.3) is 0 Å². The lowest BCUT2D eigenvalue weighted by Gasteiger charge is -2.24. The molecule has 19 heavy (non-hydrogen) atoms. The van der Waals surface area contributed by atoms with Crippen molar-refractivity contribution in [2.75, 3.05) is 11.4 Å². The number of alkyl halides is 2. The molecule has 1 heterocycles. The van der Waals surface area contributed by atoms with Crippen molar-refractivity contribution in [3.63, 3.8) is 0 Å². The monoisotopic (exact) mass is 277 g/mol. The Balaban J connectivity index is 2.23. The molecule has 0 saturated carbocycles. The molecule has 2 rings (SSSR count). The molecule has 0 amide bonds. The van der Waals surface area contributed by atoms with Crippen LogP contribution in [0.2, 0.25) is 0 Å². The molecular weight excluding hydrogens is 264 g/mol. The lowest BCUT2D eigenvalue weighted by Crippen LogP contribution is -2.28. The maximum Gasteiger partial charge on any atom is 0.255 e. The first-order valence-corrected chi connectivity index (χ1v) is 6.69. The minimum Gasteiger partial charge on any atom is -0.361 e. The lowest BCUT2D eigenvalue weighted by molar-refractivity contribution is 0.154. The summed E-state index contributed by atoms with van der Waals surface area (Å²) in [5, 5.41) is 1.94. The molecule has 98 valence electrons. The molecule has 0 aliphatic rings. The van der Waals surface area contributed by atoms with E-state index in [0.29, 0.717) is 12.1 Å². The van der Waals surface area contributed by atoms with Crippen LogP contribution >= 0.6 is 11.3 Å². The van der Waals surface area contributed by atoms with Crippen molar-refractivity contribution in [3.8, 4) is 12.3 Å². The van der Waals surface area contributed by atoms with Crippen LogP contribution < -0.4 is 4.90 Å². The highest BCUT2D eigenvalue weighted by atomic mass is 32.1. The molecule has 0 saturated heterocycles. The quantitative estimate of drug-likeness (QED) is 0.747. The van der Waals surface area contributed by atoms with Gasteiger partial charge in [0.1, 0.15) is 0 Å². The fourth-order valence-corrected chi connectivity index (χ4v) is 2.53. The summed E-state index contributed by atoms with van der Waals surface area (Å²) in [6.45, 7) is 0.169. The molecule has 0 N–H and O–H groups in total. The number of benzene rings is 1. The molecule has 0 aliphatic carbocycles. The first kappa shape index (κ1) is 13.6. The second kappa shape index (κ2) is 6.35. The van der Waals surface area contributed by atoms with Gasteiger partial charge in [0.15, 0.2) is 0 Å². The topological polar surface area (TPSA) is 3.24 Å². The highest BCUT2D eigenvalue weighted by Gasteiger charge is 2.14. The Morgan fingerprint density at radius 3 is 2.74 bits per heavy atom. The standard InChI is InChI=1S/C15H13F2NS/c1-2-12-5-3-6-13(9-12)18(11-15(16)17)10-14-7-4-8-19-14/h1,3-9,15H,10-11H2. The molecule has 0 bridgehead atoms. The number of hydrogen-bond donors (Lipinski definition) is 0. The van der Waals surface area contributed by atoms with Crippen LogP contribution in [-0.4, -0.2) is 13.0 Å². The first-order valence-electron chi connectivity index (χ1n) is 5.81. The smallest absolute Gasteiger partial charge is 0.255 e. The summed E-state index contributed by atoms with van der Waals surface area (Å²) in [5.41, 5.74) is 1.42. The van der Waals surface area contributed by atoms with Gasteiger partial charge in [0.05, 0.1) is 13.1 Å². The molecule has 0 atom stereocenters. The van der Waals surface area contributed by atoms with E-state index in [1.165, 1.54) is 0 Å². The van der Waals surface area contributed by atoms with Crippen molar-refractivity contribution in [2.24, 2.45) is 0 Å². The van der Waals surface area contributed by atoms with Gasteiger partial charge in [0.2, 0.25) is 0 Å². The number of rotatable bonds is 5. The van der Waals surface area contributed by atoms with Crippen molar-refractivity contribution < 1.29 is 8.78 Å². The van der Waals surface area contributed by atoms with Gasteiger partial charge in [0.25, 0.3) is 6.43 Å². The number of halogens is 2. The Kier molecular flexibility index (Phi) is 4.53. The third-order valence-electron chi connectivity index (χ3n) is 2.66. The van der Waals surface area contributed by atoms with E-state index in [1.54, 1.807) is 40.5 Å². The van der Waals surface area contributed by atoms with Crippen LogP contribution in [0.1, 0.15) is 10.4 Å². The van der Waals surface area contributed by atoms with E-state index in [9.17, 15) is 8.78 Å². The van der Waals surface area contributed by atoms with Crippen molar-refractivity contribution >= 4 is 17.0 Å². The zero-order chi connectivity index (χ0) is 13.7. The molecule has 0 aliphatic heterocycles. The largest absolute Gasteiger partial charge is 0.361 e. The van der Waals surface area contributed by atoms with E-state index < -0.39 is 6.43 Å². The van der Waals surface area contributed by atoms with E-state index in [4.69, 9.17) is 6.42 Å². The molecule has 2 aromatic rings. The van der Waals surface area contributed by atoms with Crippen molar-refractivity contribution in [1.82, 2.24) is 0 Å². The number of anilines is 1. The van der Waals surface area contributed by atoms with Gasteiger partial charge in [-0.15, -0.1) is 17.8 Å². The number of thiophene rings is 1. The molecule has 0 unspecified atom stereocenters. The third-order valence-corrected chi connectivity index (χ3v) is 3.52. The van der Waals surface area contributed by atoms with E-state index >= 15 is 0 Å². The Hall–Kier alpha value is -1.86. The predicted octanol–water partition coefficient (Wildman–Crippen LogP) is 4.00. The molecular formula is C15H13F2NS. The first-order chi connectivity index (χ1) is 9.19. The maximum atomic E-state index is 12.7. The third kappa shape index (κ3) is 3.80. The zero-order valence-electron chi connectivity index (χ0n) is 10.2. The molecule has 0 fully saturated rings. The van der Waals surface area contributed by atoms with Gasteiger partial charge in [-0.25, -0.2) is 8.78 Å². The van der Waals surface area contributed by atoms with Crippen LogP contribution in [-0.2, 0) is 6.54 Å². The Morgan fingerprint density at radius 1 is 1.26 bits per heavy atom. The summed E-state index contributed by atoms with van der Waals surface area (Å²) < 4.78 is 25.4. The van der Waals surface area contributed by atoms with Crippen LogP contribution in [0, 0.1) is 12.3 Å². The van der Waals surface area contributed by atoms with Crippen molar-refractivity contribution in [2.45, 2.75) is 13.0 Å². The summed E-state index contributed by atoms with van der Waals surface area (Å²) >= 11 is 1.56. The summed E-state index contributed by atoms with van der Waals surface area (Å²) in [4.78, 5) is 2.70. The molecule has 0 spiro atoms. The zero-order valence-corrected chi connectivity index (χ0v) is 11.0. The average Bonchev–Trinajstić information content (AvgIpc) is 2.90. The lowest BCUT2D eigenvalue weighted by atomic mass is 10.2. The molecule has 1 aromatic heterocycles. The molecule has 4 heteroatoms. The maximum absolute atomic E-state index is 12.7. The van der Waals surface area contributed by atoms with Gasteiger partial charge in [-0.2, -0.15) is 0 Å². The minimum absolute atomic E-state index is 0.300. The fraction of sp³-hybridized carbons (Fsp3) is 0.200. The van der Waals surface area contributed by atoms with E-state index in [0.717, 1.165) is 10.6 Å². The summed E-state index contributed by atoms with van der Waals surface area (Å²) in [5.74, 6) is 2.52. The highest BCUT2D eigenvalue weighted by molar-refractivity contribution is 7.09. The van der Waals surface area contributed by atoms with Gasteiger partial charge in [0, 0.05) is 16.1 Å². The Morgan fingerprint density at radius 2 is 2.11 bits per heavy atom. The summed E-state index contributed by atoms with van der Waals surface area (Å²) in [7, 11) is 0. The number of hydrogen-bond acceptors (Lipinski definition) is 2. The Bertz CT molecular complexity index is 558.